The number of nitrogens with one attached hydrogen (secondary N) is 3. The zero-order valence-corrected chi connectivity index (χ0v) is 24.6. The number of H-pyrrole nitrogens is 1. The molecule has 222 valence electrons. The number of benzene rings is 3. The van der Waals surface area contributed by atoms with E-state index in [9.17, 15) is 19.7 Å². The number of carbonyl (C=O) groups is 1. The van der Waals surface area contributed by atoms with Crippen molar-refractivity contribution in [2.24, 2.45) is 0 Å². The fourth-order valence-corrected chi connectivity index (χ4v) is 4.95. The highest BCUT2D eigenvalue weighted by atomic mass is 16.6. The second-order valence-electron chi connectivity index (χ2n) is 11.4. The number of carbonyl (C=O) groups excluding carboxylic acids is 1. The molecule has 0 radical (unpaired) electrons. The van der Waals surface area contributed by atoms with Gasteiger partial charge in [-0.3, -0.25) is 19.7 Å². The number of nitrogens with zero attached hydrogens (tertiary/aromatic N) is 3. The summed E-state index contributed by atoms with van der Waals surface area (Å²) < 4.78 is 5.36. The van der Waals surface area contributed by atoms with E-state index >= 15 is 0 Å². The van der Waals surface area contributed by atoms with E-state index in [4.69, 9.17) is 4.74 Å². The van der Waals surface area contributed by atoms with Crippen molar-refractivity contribution in [2.75, 3.05) is 41.8 Å². The van der Waals surface area contributed by atoms with Gasteiger partial charge in [0.25, 0.3) is 17.2 Å². The van der Waals surface area contributed by atoms with Crippen LogP contribution in [0.15, 0.2) is 71.7 Å². The molecule has 1 saturated heterocycles. The van der Waals surface area contributed by atoms with Gasteiger partial charge in [-0.15, -0.1) is 0 Å². The second-order valence-corrected chi connectivity index (χ2v) is 11.4. The summed E-state index contributed by atoms with van der Waals surface area (Å²) >= 11 is 0. The van der Waals surface area contributed by atoms with Crippen molar-refractivity contribution in [1.29, 1.82) is 0 Å². The lowest BCUT2D eigenvalue weighted by atomic mass is 9.86. The molecule has 11 heteroatoms. The van der Waals surface area contributed by atoms with Gasteiger partial charge in [0.2, 0.25) is 0 Å². The zero-order chi connectivity index (χ0) is 30.7. The van der Waals surface area contributed by atoms with E-state index < -0.39 is 10.5 Å². The number of rotatable bonds is 7. The van der Waals surface area contributed by atoms with Crippen LogP contribution in [0.1, 0.15) is 42.3 Å². The lowest BCUT2D eigenvalue weighted by Gasteiger charge is -2.28. The maximum absolute atomic E-state index is 13.0. The van der Waals surface area contributed by atoms with E-state index in [1.54, 1.807) is 24.3 Å². The maximum Gasteiger partial charge on any atom is 0.294 e. The minimum absolute atomic E-state index is 0.0151. The molecule has 0 atom stereocenters. The van der Waals surface area contributed by atoms with Crippen LogP contribution >= 0.6 is 0 Å². The van der Waals surface area contributed by atoms with Crippen LogP contribution in [0.4, 0.5) is 28.6 Å². The van der Waals surface area contributed by atoms with E-state index in [0.717, 1.165) is 11.1 Å². The van der Waals surface area contributed by atoms with Crippen molar-refractivity contribution in [3.63, 3.8) is 0 Å². The lowest BCUT2D eigenvalue weighted by Crippen LogP contribution is -2.36. The third-order valence-corrected chi connectivity index (χ3v) is 7.44. The van der Waals surface area contributed by atoms with Crippen LogP contribution in [0, 0.1) is 17.0 Å². The molecule has 1 amide bonds. The van der Waals surface area contributed by atoms with Gasteiger partial charge in [-0.25, -0.2) is 4.98 Å². The van der Waals surface area contributed by atoms with Crippen molar-refractivity contribution < 1.29 is 14.5 Å². The molecule has 3 N–H and O–H groups in total. The van der Waals surface area contributed by atoms with E-state index in [1.807, 2.05) is 42.2 Å². The Balaban J connectivity index is 1.39. The number of aromatic amines is 1. The highest BCUT2D eigenvalue weighted by Crippen LogP contribution is 2.33. The molecule has 1 aliphatic rings. The summed E-state index contributed by atoms with van der Waals surface area (Å²) in [5.74, 6) is -0.252. The normalized spacial score (nSPS) is 13.4. The largest absolute Gasteiger partial charge is 0.378 e. The predicted octanol–water partition coefficient (Wildman–Crippen LogP) is 5.78. The summed E-state index contributed by atoms with van der Waals surface area (Å²) in [6.45, 7) is 10.3. The molecule has 1 fully saturated rings. The van der Waals surface area contributed by atoms with Crippen LogP contribution in [0.25, 0.3) is 11.3 Å². The van der Waals surface area contributed by atoms with Crippen molar-refractivity contribution >= 4 is 34.5 Å². The van der Waals surface area contributed by atoms with Gasteiger partial charge in [0.1, 0.15) is 5.69 Å². The average Bonchev–Trinajstić information content (AvgIpc) is 2.99. The average molecular weight is 583 g/mol. The number of anilines is 4. The van der Waals surface area contributed by atoms with Gasteiger partial charge in [0, 0.05) is 47.9 Å². The minimum Gasteiger partial charge on any atom is -0.378 e. The Kier molecular flexibility index (Phi) is 8.27. The maximum atomic E-state index is 13.0. The first-order chi connectivity index (χ1) is 20.5. The molecular formula is C32H34N6O5. The van der Waals surface area contributed by atoms with E-state index in [1.165, 1.54) is 12.3 Å². The third-order valence-electron chi connectivity index (χ3n) is 7.44. The number of ether oxygens (including phenoxy) is 1. The number of nitro benzene ring substituents is 1. The Morgan fingerprint density at radius 3 is 2.47 bits per heavy atom. The molecule has 2 heterocycles. The third kappa shape index (κ3) is 6.57. The van der Waals surface area contributed by atoms with Crippen LogP contribution in [0.3, 0.4) is 0 Å². The van der Waals surface area contributed by atoms with Gasteiger partial charge >= 0.3 is 0 Å². The SMILES string of the molecule is Cc1c(NC(=O)c2ccc(C(C)(C)C)cc2)cccc1-c1c[nH]c(=O)c(Nc2ccc(N3CCOCC3)c([N+](=O)[O-])c2)n1. The number of hydrogen-bond acceptors (Lipinski definition) is 8. The number of hydrogen-bond donors (Lipinski definition) is 3. The van der Waals surface area contributed by atoms with Crippen LogP contribution in [-0.2, 0) is 10.2 Å². The molecule has 0 spiro atoms. The standard InChI is InChI=1S/C32H34N6O5/c1-20-24(6-5-7-25(20)36-30(39)21-8-10-22(11-9-21)32(2,3)4)26-19-33-31(40)29(35-26)34-23-12-13-27(28(18-23)38(41)42)37-14-16-43-17-15-37/h5-13,18-19H,14-17H2,1-4H3,(H,33,40)(H,34,35)(H,36,39). The summed E-state index contributed by atoms with van der Waals surface area (Å²) in [5, 5.41) is 17.8. The molecule has 5 rings (SSSR count). The second kappa shape index (κ2) is 12.1. The van der Waals surface area contributed by atoms with Crippen LogP contribution in [0.2, 0.25) is 0 Å². The van der Waals surface area contributed by atoms with Crippen LogP contribution < -0.4 is 21.1 Å². The van der Waals surface area contributed by atoms with Gasteiger partial charge in [0.15, 0.2) is 5.82 Å². The zero-order valence-electron chi connectivity index (χ0n) is 24.6. The fraction of sp³-hybridized carbons (Fsp3) is 0.281. The predicted molar refractivity (Wildman–Crippen MR) is 168 cm³/mol. The Morgan fingerprint density at radius 1 is 1.07 bits per heavy atom. The van der Waals surface area contributed by atoms with Crippen molar-refractivity contribution in [3.8, 4) is 11.3 Å². The molecule has 0 saturated carbocycles. The number of nitro groups is 1. The molecule has 0 aliphatic carbocycles. The van der Waals surface area contributed by atoms with Crippen LogP contribution in [-0.4, -0.2) is 47.1 Å². The van der Waals surface area contributed by atoms with Crippen LogP contribution in [0.5, 0.6) is 0 Å². The first-order valence-corrected chi connectivity index (χ1v) is 14.0. The monoisotopic (exact) mass is 582 g/mol. The Bertz CT molecular complexity index is 1720. The summed E-state index contributed by atoms with van der Waals surface area (Å²) in [7, 11) is 0. The molecule has 3 aromatic carbocycles. The van der Waals surface area contributed by atoms with Crippen molar-refractivity contribution in [1.82, 2.24) is 9.97 Å². The first-order valence-electron chi connectivity index (χ1n) is 14.0. The number of aromatic nitrogens is 2. The van der Waals surface area contributed by atoms with Gasteiger partial charge < -0.3 is 25.3 Å². The summed E-state index contributed by atoms with van der Waals surface area (Å²) in [4.78, 5) is 46.3. The molecule has 4 aromatic rings. The fourth-order valence-electron chi connectivity index (χ4n) is 4.95. The highest BCUT2D eigenvalue weighted by Gasteiger charge is 2.23. The topological polar surface area (TPSA) is 142 Å². The van der Waals surface area contributed by atoms with E-state index in [0.29, 0.717) is 60.2 Å². The Hall–Kier alpha value is -5.03. The first kappa shape index (κ1) is 29.5. The molecule has 0 bridgehead atoms. The number of morpholine rings is 1. The molecule has 11 nitrogen and oxygen atoms in total. The van der Waals surface area contributed by atoms with Crippen molar-refractivity contribution in [3.05, 3.63) is 104 Å². The summed E-state index contributed by atoms with van der Waals surface area (Å²) in [6, 6.07) is 17.7. The number of amides is 1. The Labute approximate surface area is 249 Å². The van der Waals surface area contributed by atoms with E-state index in [2.05, 4.69) is 41.4 Å². The molecule has 43 heavy (non-hydrogen) atoms. The van der Waals surface area contributed by atoms with Crippen molar-refractivity contribution in [2.45, 2.75) is 33.1 Å². The molecule has 0 unspecified atom stereocenters. The molecular weight excluding hydrogens is 548 g/mol. The molecule has 1 aromatic heterocycles. The minimum atomic E-state index is -0.482. The quantitative estimate of drug-likeness (QED) is 0.184. The summed E-state index contributed by atoms with van der Waals surface area (Å²) in [6.07, 6.45) is 1.50. The Morgan fingerprint density at radius 2 is 1.79 bits per heavy atom. The van der Waals surface area contributed by atoms with Gasteiger partial charge in [-0.05, 0) is 53.8 Å². The summed E-state index contributed by atoms with van der Waals surface area (Å²) in [5.41, 5.74) is 4.49. The van der Waals surface area contributed by atoms with E-state index in [-0.39, 0.29) is 22.8 Å². The van der Waals surface area contributed by atoms with Gasteiger partial charge in [0.05, 0.1) is 23.8 Å². The highest BCUT2D eigenvalue weighted by molar-refractivity contribution is 6.05. The lowest BCUT2D eigenvalue weighted by molar-refractivity contribution is -0.384. The van der Waals surface area contributed by atoms with Gasteiger partial charge in [-0.2, -0.15) is 0 Å². The smallest absolute Gasteiger partial charge is 0.294 e. The molecule has 1 aliphatic heterocycles. The van der Waals surface area contributed by atoms with Gasteiger partial charge in [-0.1, -0.05) is 45.0 Å².